The summed E-state index contributed by atoms with van der Waals surface area (Å²) in [5.41, 5.74) is 2.25. The van der Waals surface area contributed by atoms with Gasteiger partial charge in [-0.05, 0) is 11.1 Å². The molecule has 0 radical (unpaired) electrons. The Labute approximate surface area is 154 Å². The monoisotopic (exact) mass is 352 g/mol. The summed E-state index contributed by atoms with van der Waals surface area (Å²) in [4.78, 5) is 12.8. The highest BCUT2D eigenvalue weighted by Gasteiger charge is 2.53. The van der Waals surface area contributed by atoms with Crippen LogP contribution in [0.15, 0.2) is 60.7 Å². The molecule has 2 aromatic carbocycles. The second-order valence-corrected chi connectivity index (χ2v) is 7.10. The highest BCUT2D eigenvalue weighted by Crippen LogP contribution is 2.53. The van der Waals surface area contributed by atoms with Crippen molar-refractivity contribution in [2.45, 2.75) is 30.5 Å². The van der Waals surface area contributed by atoms with Crippen molar-refractivity contribution in [2.75, 3.05) is 20.3 Å². The van der Waals surface area contributed by atoms with Gasteiger partial charge in [0.2, 0.25) is 0 Å². The second kappa shape index (κ2) is 7.22. The molecule has 1 heterocycles. The van der Waals surface area contributed by atoms with E-state index in [0.29, 0.717) is 26.1 Å². The van der Waals surface area contributed by atoms with Crippen molar-refractivity contribution in [1.82, 2.24) is 0 Å². The fourth-order valence-electron chi connectivity index (χ4n) is 4.54. The minimum absolute atomic E-state index is 0.0132. The summed E-state index contributed by atoms with van der Waals surface area (Å²) in [5.74, 6) is -1.07. The summed E-state index contributed by atoms with van der Waals surface area (Å²) in [7, 11) is 1.47. The van der Waals surface area contributed by atoms with Crippen LogP contribution in [0.2, 0.25) is 0 Å². The van der Waals surface area contributed by atoms with Crippen molar-refractivity contribution in [3.05, 3.63) is 71.8 Å². The number of methoxy groups -OCH3 is 1. The molecule has 1 aliphatic carbocycles. The van der Waals surface area contributed by atoms with Gasteiger partial charge in [0.1, 0.15) is 0 Å². The molecule has 2 atom stereocenters. The zero-order valence-corrected chi connectivity index (χ0v) is 15.0. The standard InChI is InChI=1S/C22H24O4/c1-24-21(23)20-18(16-8-4-2-5-9-16)14-22(25-12-13-26-22)15-19(20)17-10-6-3-7-11-17/h2-11,18-20H,12-15H2,1H3/t18-,19-/m1/s1. The normalized spacial score (nSPS) is 27.3. The summed E-state index contributed by atoms with van der Waals surface area (Å²) in [6, 6.07) is 20.4. The maximum atomic E-state index is 12.8. The maximum Gasteiger partial charge on any atom is 0.309 e. The third-order valence-electron chi connectivity index (χ3n) is 5.67. The van der Waals surface area contributed by atoms with Crippen LogP contribution in [0, 0.1) is 5.92 Å². The Balaban J connectivity index is 1.80. The van der Waals surface area contributed by atoms with Crippen molar-refractivity contribution in [3.63, 3.8) is 0 Å². The number of esters is 1. The van der Waals surface area contributed by atoms with Crippen molar-refractivity contribution in [2.24, 2.45) is 5.92 Å². The van der Waals surface area contributed by atoms with Crippen LogP contribution in [0.25, 0.3) is 0 Å². The smallest absolute Gasteiger partial charge is 0.309 e. The van der Waals surface area contributed by atoms with Crippen LogP contribution >= 0.6 is 0 Å². The fourth-order valence-corrected chi connectivity index (χ4v) is 4.54. The molecule has 0 unspecified atom stereocenters. The fraction of sp³-hybridized carbons (Fsp3) is 0.409. The average molecular weight is 352 g/mol. The minimum Gasteiger partial charge on any atom is -0.469 e. The Bertz CT molecular complexity index is 686. The lowest BCUT2D eigenvalue weighted by Gasteiger charge is -2.45. The van der Waals surface area contributed by atoms with E-state index in [0.717, 1.165) is 11.1 Å². The van der Waals surface area contributed by atoms with E-state index in [1.807, 2.05) is 36.4 Å². The molecule has 0 N–H and O–H groups in total. The van der Waals surface area contributed by atoms with Crippen LogP contribution < -0.4 is 0 Å². The first-order valence-corrected chi connectivity index (χ1v) is 9.18. The molecule has 0 amide bonds. The molecule has 1 aliphatic heterocycles. The van der Waals surface area contributed by atoms with Gasteiger partial charge in [-0.2, -0.15) is 0 Å². The number of hydrogen-bond acceptors (Lipinski definition) is 4. The van der Waals surface area contributed by atoms with Gasteiger partial charge < -0.3 is 14.2 Å². The first kappa shape index (κ1) is 17.3. The molecule has 4 heteroatoms. The van der Waals surface area contributed by atoms with Gasteiger partial charge in [-0.25, -0.2) is 0 Å². The predicted molar refractivity (Wildman–Crippen MR) is 97.7 cm³/mol. The second-order valence-electron chi connectivity index (χ2n) is 7.10. The molecular weight excluding hydrogens is 328 g/mol. The number of carbonyl (C=O) groups excluding carboxylic acids is 1. The lowest BCUT2D eigenvalue weighted by atomic mass is 9.65. The maximum absolute atomic E-state index is 12.8. The number of hydrogen-bond donors (Lipinski definition) is 0. The molecule has 1 spiro atoms. The molecule has 2 fully saturated rings. The molecule has 1 saturated heterocycles. The van der Waals surface area contributed by atoms with E-state index >= 15 is 0 Å². The third kappa shape index (κ3) is 3.15. The number of carbonyl (C=O) groups is 1. The zero-order valence-electron chi connectivity index (χ0n) is 15.0. The highest BCUT2D eigenvalue weighted by atomic mass is 16.7. The van der Waals surface area contributed by atoms with E-state index in [4.69, 9.17) is 14.2 Å². The first-order chi connectivity index (χ1) is 12.7. The topological polar surface area (TPSA) is 44.8 Å². The average Bonchev–Trinajstić information content (AvgIpc) is 3.15. The number of ether oxygens (including phenoxy) is 3. The third-order valence-corrected chi connectivity index (χ3v) is 5.67. The Hall–Kier alpha value is -2.17. The largest absolute Gasteiger partial charge is 0.469 e. The SMILES string of the molecule is COC(=O)C1[C@@H](c2ccccc2)CC2(C[C@@H]1c1ccccc1)OCCO2. The van der Waals surface area contributed by atoms with Crippen LogP contribution in [0.1, 0.15) is 35.8 Å². The molecule has 0 bridgehead atoms. The quantitative estimate of drug-likeness (QED) is 0.787. The van der Waals surface area contributed by atoms with Crippen molar-refractivity contribution in [1.29, 1.82) is 0 Å². The number of benzene rings is 2. The number of rotatable bonds is 3. The van der Waals surface area contributed by atoms with Gasteiger partial charge in [-0.3, -0.25) is 4.79 Å². The van der Waals surface area contributed by atoms with Crippen LogP contribution in [0.3, 0.4) is 0 Å². The van der Waals surface area contributed by atoms with E-state index < -0.39 is 5.79 Å². The molecule has 26 heavy (non-hydrogen) atoms. The minimum atomic E-state index is -0.620. The van der Waals surface area contributed by atoms with Crippen LogP contribution in [0.5, 0.6) is 0 Å². The van der Waals surface area contributed by atoms with Gasteiger partial charge in [-0.15, -0.1) is 0 Å². The van der Waals surface area contributed by atoms with E-state index in [1.165, 1.54) is 7.11 Å². The summed E-state index contributed by atoms with van der Waals surface area (Å²) in [5, 5.41) is 0. The van der Waals surface area contributed by atoms with E-state index in [1.54, 1.807) is 0 Å². The molecule has 4 rings (SSSR count). The van der Waals surface area contributed by atoms with E-state index in [-0.39, 0.29) is 23.7 Å². The van der Waals surface area contributed by atoms with Gasteiger partial charge in [-0.1, -0.05) is 60.7 Å². The van der Waals surface area contributed by atoms with E-state index in [9.17, 15) is 4.79 Å². The van der Waals surface area contributed by atoms with Gasteiger partial charge in [0.05, 0.1) is 26.2 Å². The predicted octanol–water partition coefficient (Wildman–Crippen LogP) is 3.88. The summed E-state index contributed by atoms with van der Waals surface area (Å²) in [6.45, 7) is 1.21. The summed E-state index contributed by atoms with van der Waals surface area (Å²) in [6.07, 6.45) is 1.33. The molecule has 4 nitrogen and oxygen atoms in total. The molecule has 2 aliphatic rings. The molecule has 0 aromatic heterocycles. The Morgan fingerprint density at radius 2 is 1.35 bits per heavy atom. The van der Waals surface area contributed by atoms with Gasteiger partial charge in [0.25, 0.3) is 0 Å². The molecular formula is C22H24O4. The van der Waals surface area contributed by atoms with Gasteiger partial charge >= 0.3 is 5.97 Å². The van der Waals surface area contributed by atoms with Gasteiger partial charge in [0, 0.05) is 24.7 Å². The summed E-state index contributed by atoms with van der Waals surface area (Å²) >= 11 is 0. The van der Waals surface area contributed by atoms with Crippen LogP contribution in [0.4, 0.5) is 0 Å². The Kier molecular flexibility index (Phi) is 4.79. The lowest BCUT2D eigenvalue weighted by Crippen LogP contribution is -2.46. The van der Waals surface area contributed by atoms with Crippen LogP contribution in [-0.4, -0.2) is 32.1 Å². The Morgan fingerprint density at radius 3 is 1.77 bits per heavy atom. The van der Waals surface area contributed by atoms with E-state index in [2.05, 4.69) is 24.3 Å². The molecule has 2 aromatic rings. The van der Waals surface area contributed by atoms with Crippen molar-refractivity contribution in [3.8, 4) is 0 Å². The first-order valence-electron chi connectivity index (χ1n) is 9.18. The Morgan fingerprint density at radius 1 is 0.885 bits per heavy atom. The van der Waals surface area contributed by atoms with Crippen molar-refractivity contribution < 1.29 is 19.0 Å². The zero-order chi connectivity index (χ0) is 18.0. The molecule has 136 valence electrons. The molecule has 1 saturated carbocycles. The highest BCUT2D eigenvalue weighted by molar-refractivity contribution is 5.75. The van der Waals surface area contributed by atoms with Crippen molar-refractivity contribution >= 4 is 5.97 Å². The summed E-state index contributed by atoms with van der Waals surface area (Å²) < 4.78 is 17.4. The van der Waals surface area contributed by atoms with Gasteiger partial charge in [0.15, 0.2) is 5.79 Å². The lowest BCUT2D eigenvalue weighted by molar-refractivity contribution is -0.196. The van der Waals surface area contributed by atoms with Crippen LogP contribution in [-0.2, 0) is 19.0 Å².